The summed E-state index contributed by atoms with van der Waals surface area (Å²) in [6, 6.07) is 0. The van der Waals surface area contributed by atoms with Gasteiger partial charge in [-0.1, -0.05) is 40.3 Å². The third-order valence-corrected chi connectivity index (χ3v) is 4.37. The molecular weight excluding hydrogens is 343 g/mol. The van der Waals surface area contributed by atoms with Crippen LogP contribution in [0, 0.1) is 5.92 Å². The van der Waals surface area contributed by atoms with Gasteiger partial charge < -0.3 is 9.84 Å². The summed E-state index contributed by atoms with van der Waals surface area (Å²) in [5.74, 6) is -0.712. The molecule has 1 aliphatic rings. The molecule has 0 aromatic carbocycles. The number of carbonyl (C=O) groups is 1. The lowest BCUT2D eigenvalue weighted by Gasteiger charge is -2.15. The number of aliphatic hydroxyl groups excluding tert-OH is 1. The van der Waals surface area contributed by atoms with Crippen LogP contribution in [0.5, 0.6) is 0 Å². The van der Waals surface area contributed by atoms with Crippen molar-refractivity contribution in [2.75, 3.05) is 0 Å². The molecule has 0 aromatic heterocycles. The van der Waals surface area contributed by atoms with Crippen LogP contribution in [0.3, 0.4) is 0 Å². The van der Waals surface area contributed by atoms with Gasteiger partial charge in [0.25, 0.3) is 0 Å². The van der Waals surface area contributed by atoms with Crippen molar-refractivity contribution in [3.05, 3.63) is 21.8 Å². The van der Waals surface area contributed by atoms with Crippen molar-refractivity contribution >= 4 is 28.6 Å². The Morgan fingerprint density at radius 3 is 2.72 bits per heavy atom. The second-order valence-corrected chi connectivity index (χ2v) is 5.64. The van der Waals surface area contributed by atoms with E-state index in [4.69, 9.17) is 4.74 Å². The number of ether oxygens (including phenoxy) is 1. The molecule has 3 atom stereocenters. The van der Waals surface area contributed by atoms with Crippen molar-refractivity contribution in [2.45, 2.75) is 51.7 Å². The number of esters is 1. The van der Waals surface area contributed by atoms with Crippen molar-refractivity contribution in [2.24, 2.45) is 5.92 Å². The Bertz CT molecular complexity index is 349. The lowest BCUT2D eigenvalue weighted by Crippen LogP contribution is -2.25. The van der Waals surface area contributed by atoms with Gasteiger partial charge in [-0.2, -0.15) is 0 Å². The Hall–Kier alpha value is -0.360. The molecule has 0 radical (unpaired) electrons. The second-order valence-electron chi connectivity index (χ2n) is 5.02. The summed E-state index contributed by atoms with van der Waals surface area (Å²) < 4.78 is 7.23. The molecule has 4 heteroatoms. The fourth-order valence-electron chi connectivity index (χ4n) is 2.01. The van der Waals surface area contributed by atoms with Gasteiger partial charge in [0, 0.05) is 6.42 Å². The van der Waals surface area contributed by atoms with Gasteiger partial charge in [0.1, 0.15) is 12.2 Å². The monoisotopic (exact) mass is 364 g/mol. The second kappa shape index (κ2) is 7.28. The summed E-state index contributed by atoms with van der Waals surface area (Å²) in [4.78, 5) is 11.3. The van der Waals surface area contributed by atoms with E-state index in [1.807, 2.05) is 0 Å². The van der Waals surface area contributed by atoms with Crippen molar-refractivity contribution in [3.63, 3.8) is 0 Å². The maximum atomic E-state index is 11.3. The van der Waals surface area contributed by atoms with E-state index in [9.17, 15) is 9.90 Å². The minimum atomic E-state index is -0.690. The molecule has 1 saturated heterocycles. The first kappa shape index (κ1) is 15.7. The molecule has 0 aromatic rings. The van der Waals surface area contributed by atoms with E-state index in [0.717, 1.165) is 24.8 Å². The Kier molecular flexibility index (Phi) is 6.35. The van der Waals surface area contributed by atoms with Crippen molar-refractivity contribution in [1.82, 2.24) is 0 Å². The minimum Gasteiger partial charge on any atom is -0.459 e. The van der Waals surface area contributed by atoms with Crippen molar-refractivity contribution in [3.8, 4) is 0 Å². The number of hydrogen-bond donors (Lipinski definition) is 1. The quantitative estimate of drug-likeness (QED) is 0.447. The molecule has 3 nitrogen and oxygen atoms in total. The zero-order valence-electron chi connectivity index (χ0n) is 11.0. The third-order valence-electron chi connectivity index (χ3n) is 3.31. The number of allylic oxidation sites excluding steroid dienone is 1. The van der Waals surface area contributed by atoms with Crippen LogP contribution in [0.15, 0.2) is 21.8 Å². The van der Waals surface area contributed by atoms with Crippen LogP contribution in [0.2, 0.25) is 0 Å². The van der Waals surface area contributed by atoms with E-state index < -0.39 is 18.1 Å². The average molecular weight is 364 g/mol. The van der Waals surface area contributed by atoms with Crippen LogP contribution in [0.25, 0.3) is 0 Å². The van der Waals surface area contributed by atoms with E-state index in [2.05, 4.69) is 40.2 Å². The average Bonchev–Trinajstić information content (AvgIpc) is 2.56. The van der Waals surface area contributed by atoms with Crippen LogP contribution in [0.1, 0.15) is 39.5 Å². The molecule has 1 rings (SSSR count). The topological polar surface area (TPSA) is 46.5 Å². The first-order chi connectivity index (χ1) is 8.45. The lowest BCUT2D eigenvalue weighted by atomic mass is 9.96. The molecule has 1 aliphatic heterocycles. The SMILES string of the molecule is C=C(CCC/C(C)=C/I)C[C@@H]1OC(=O)[C@H](C)[C@@H]1O. The van der Waals surface area contributed by atoms with Crippen LogP contribution < -0.4 is 0 Å². The fourth-order valence-corrected chi connectivity index (χ4v) is 2.32. The molecular formula is C14H21IO3. The predicted octanol–water partition coefficient (Wildman–Crippen LogP) is 3.36. The molecule has 1 N–H and O–H groups in total. The van der Waals surface area contributed by atoms with Gasteiger partial charge in [0.2, 0.25) is 0 Å². The molecule has 1 heterocycles. The minimum absolute atomic E-state index is 0.302. The summed E-state index contributed by atoms with van der Waals surface area (Å²) in [5, 5.41) is 9.83. The van der Waals surface area contributed by atoms with E-state index in [0.29, 0.717) is 6.42 Å². The van der Waals surface area contributed by atoms with E-state index in [1.165, 1.54) is 5.57 Å². The molecule has 0 bridgehead atoms. The van der Waals surface area contributed by atoms with Gasteiger partial charge >= 0.3 is 5.97 Å². The number of carbonyl (C=O) groups excluding carboxylic acids is 1. The summed E-state index contributed by atoms with van der Waals surface area (Å²) in [7, 11) is 0. The van der Waals surface area contributed by atoms with Crippen LogP contribution >= 0.6 is 22.6 Å². The first-order valence-electron chi connectivity index (χ1n) is 6.26. The number of halogens is 1. The Labute approximate surface area is 122 Å². The van der Waals surface area contributed by atoms with Gasteiger partial charge in [-0.25, -0.2) is 0 Å². The molecule has 102 valence electrons. The highest BCUT2D eigenvalue weighted by Gasteiger charge is 2.40. The number of aliphatic hydroxyl groups is 1. The molecule has 0 saturated carbocycles. The Morgan fingerprint density at radius 1 is 1.56 bits per heavy atom. The maximum Gasteiger partial charge on any atom is 0.311 e. The number of rotatable bonds is 6. The standard InChI is InChI=1S/C14H21IO3/c1-9(5-4-6-10(2)8-15)7-12-13(16)11(3)14(17)18-12/h8,11-13,16H,1,4-7H2,2-3H3/b10-8+/t11-,12+,13+/m1/s1. The third kappa shape index (κ3) is 4.39. The largest absolute Gasteiger partial charge is 0.459 e. The molecule has 0 aliphatic carbocycles. The van der Waals surface area contributed by atoms with E-state index in [-0.39, 0.29) is 5.97 Å². The van der Waals surface area contributed by atoms with Crippen molar-refractivity contribution < 1.29 is 14.6 Å². The summed E-state index contributed by atoms with van der Waals surface area (Å²) in [6.45, 7) is 7.81. The van der Waals surface area contributed by atoms with Crippen LogP contribution in [-0.2, 0) is 9.53 Å². The fraction of sp³-hybridized carbons (Fsp3) is 0.643. The van der Waals surface area contributed by atoms with Crippen LogP contribution in [0.4, 0.5) is 0 Å². The summed E-state index contributed by atoms with van der Waals surface area (Å²) >= 11 is 2.24. The maximum absolute atomic E-state index is 11.3. The smallest absolute Gasteiger partial charge is 0.311 e. The Balaban J connectivity index is 2.31. The molecule has 0 spiro atoms. The number of cyclic esters (lactones) is 1. The lowest BCUT2D eigenvalue weighted by molar-refractivity contribution is -0.143. The summed E-state index contributed by atoms with van der Waals surface area (Å²) in [6.07, 6.45) is 2.51. The zero-order chi connectivity index (χ0) is 13.7. The molecule has 18 heavy (non-hydrogen) atoms. The molecule has 1 fully saturated rings. The van der Waals surface area contributed by atoms with Gasteiger partial charge in [-0.15, -0.1) is 0 Å². The highest BCUT2D eigenvalue weighted by molar-refractivity contribution is 14.1. The number of hydrogen-bond acceptors (Lipinski definition) is 3. The zero-order valence-corrected chi connectivity index (χ0v) is 13.1. The first-order valence-corrected chi connectivity index (χ1v) is 7.51. The van der Waals surface area contributed by atoms with Crippen molar-refractivity contribution in [1.29, 1.82) is 0 Å². The highest BCUT2D eigenvalue weighted by Crippen LogP contribution is 2.27. The normalized spacial score (nSPS) is 28.3. The highest BCUT2D eigenvalue weighted by atomic mass is 127. The van der Waals surface area contributed by atoms with Crippen LogP contribution in [-0.4, -0.2) is 23.3 Å². The molecule has 0 amide bonds. The summed E-state index contributed by atoms with van der Waals surface area (Å²) in [5.41, 5.74) is 2.41. The van der Waals surface area contributed by atoms with Gasteiger partial charge in [-0.05, 0) is 37.2 Å². The predicted molar refractivity (Wildman–Crippen MR) is 80.4 cm³/mol. The Morgan fingerprint density at radius 2 is 2.22 bits per heavy atom. The van der Waals surface area contributed by atoms with E-state index >= 15 is 0 Å². The molecule has 0 unspecified atom stereocenters. The van der Waals surface area contributed by atoms with Gasteiger partial charge in [0.05, 0.1) is 5.92 Å². The van der Waals surface area contributed by atoms with E-state index in [1.54, 1.807) is 6.92 Å². The van der Waals surface area contributed by atoms with Gasteiger partial charge in [-0.3, -0.25) is 4.79 Å². The van der Waals surface area contributed by atoms with Gasteiger partial charge in [0.15, 0.2) is 0 Å².